The number of hydrogen-bond donors (Lipinski definition) is 3. The molecule has 9 heteroatoms. The highest BCUT2D eigenvalue weighted by Gasteiger charge is 2.13. The van der Waals surface area contributed by atoms with Gasteiger partial charge in [0, 0.05) is 37.2 Å². The zero-order valence-electron chi connectivity index (χ0n) is 18.0. The van der Waals surface area contributed by atoms with Crippen molar-refractivity contribution in [3.05, 3.63) is 53.5 Å². The van der Waals surface area contributed by atoms with Gasteiger partial charge in [-0.2, -0.15) is 0 Å². The lowest BCUT2D eigenvalue weighted by molar-refractivity contribution is 0.323. The molecule has 0 fully saturated rings. The second-order valence-electron chi connectivity index (χ2n) is 6.64. The van der Waals surface area contributed by atoms with Crippen molar-refractivity contribution in [2.24, 2.45) is 4.99 Å². The molecule has 168 valence electrons. The van der Waals surface area contributed by atoms with Crippen molar-refractivity contribution in [2.45, 2.75) is 13.0 Å². The van der Waals surface area contributed by atoms with Crippen molar-refractivity contribution in [3.8, 4) is 17.2 Å². The molecule has 3 N–H and O–H groups in total. The fourth-order valence-corrected chi connectivity index (χ4v) is 3.32. The van der Waals surface area contributed by atoms with Gasteiger partial charge in [-0.05, 0) is 47.9 Å². The van der Waals surface area contributed by atoms with Gasteiger partial charge in [0.15, 0.2) is 17.5 Å². The maximum atomic E-state index is 13.3. The van der Waals surface area contributed by atoms with Crippen LogP contribution in [0.4, 0.5) is 4.39 Å². The highest BCUT2D eigenvalue weighted by atomic mass is 127. The average molecular weight is 542 g/mol. The first-order chi connectivity index (χ1) is 14.6. The molecule has 0 aliphatic heterocycles. The third kappa shape index (κ3) is 5.93. The molecule has 31 heavy (non-hydrogen) atoms. The SMILES string of the molecule is CN=C(NCCc1c[nH]c2cc(F)ccc12)NCc1cc(OC)c(OC)c(OC)c1.I. The Hall–Kier alpha value is -2.69. The molecular formula is C22H28FIN4O3. The smallest absolute Gasteiger partial charge is 0.203 e. The first-order valence-electron chi connectivity index (χ1n) is 9.58. The molecule has 3 aromatic rings. The molecule has 0 unspecified atom stereocenters. The van der Waals surface area contributed by atoms with Gasteiger partial charge in [0.2, 0.25) is 5.75 Å². The molecule has 0 amide bonds. The molecule has 0 bridgehead atoms. The number of rotatable bonds is 8. The first kappa shape index (κ1) is 24.6. The molecule has 0 aliphatic rings. The Morgan fingerprint density at radius 3 is 2.35 bits per heavy atom. The topological polar surface area (TPSA) is 79.9 Å². The minimum absolute atomic E-state index is 0. The summed E-state index contributed by atoms with van der Waals surface area (Å²) in [4.78, 5) is 7.38. The second-order valence-corrected chi connectivity index (χ2v) is 6.64. The van der Waals surface area contributed by atoms with Gasteiger partial charge in [0.1, 0.15) is 5.82 Å². The summed E-state index contributed by atoms with van der Waals surface area (Å²) in [5.74, 6) is 2.20. The van der Waals surface area contributed by atoms with E-state index < -0.39 is 0 Å². The van der Waals surface area contributed by atoms with Gasteiger partial charge in [0.05, 0.1) is 21.3 Å². The van der Waals surface area contributed by atoms with E-state index in [4.69, 9.17) is 14.2 Å². The summed E-state index contributed by atoms with van der Waals surface area (Å²) < 4.78 is 29.5. The van der Waals surface area contributed by atoms with Crippen molar-refractivity contribution >= 4 is 40.8 Å². The number of nitrogens with one attached hydrogen (secondary N) is 3. The van der Waals surface area contributed by atoms with Gasteiger partial charge in [0.25, 0.3) is 0 Å². The Bertz CT molecular complexity index is 1010. The van der Waals surface area contributed by atoms with Crippen LogP contribution in [0.1, 0.15) is 11.1 Å². The van der Waals surface area contributed by atoms with Crippen molar-refractivity contribution in [1.82, 2.24) is 15.6 Å². The van der Waals surface area contributed by atoms with Gasteiger partial charge in [-0.25, -0.2) is 4.39 Å². The van der Waals surface area contributed by atoms with Crippen LogP contribution >= 0.6 is 24.0 Å². The highest BCUT2D eigenvalue weighted by molar-refractivity contribution is 14.0. The first-order valence-corrected chi connectivity index (χ1v) is 9.58. The lowest BCUT2D eigenvalue weighted by Gasteiger charge is -2.16. The number of benzene rings is 2. The fraction of sp³-hybridized carbons (Fsp3) is 0.318. The second kappa shape index (κ2) is 11.6. The molecule has 0 saturated carbocycles. The summed E-state index contributed by atoms with van der Waals surface area (Å²) in [5, 5.41) is 7.60. The van der Waals surface area contributed by atoms with E-state index in [1.54, 1.807) is 34.4 Å². The van der Waals surface area contributed by atoms with Crippen molar-refractivity contribution in [1.29, 1.82) is 0 Å². The lowest BCUT2D eigenvalue weighted by Crippen LogP contribution is -2.37. The van der Waals surface area contributed by atoms with Gasteiger partial charge in [-0.1, -0.05) is 0 Å². The number of methoxy groups -OCH3 is 3. The van der Waals surface area contributed by atoms with Crippen LogP contribution in [0.5, 0.6) is 17.2 Å². The minimum Gasteiger partial charge on any atom is -0.493 e. The molecule has 7 nitrogen and oxygen atoms in total. The van der Waals surface area contributed by atoms with Crippen LogP contribution in [0, 0.1) is 5.82 Å². The number of aromatic nitrogens is 1. The summed E-state index contributed by atoms with van der Waals surface area (Å²) in [6.45, 7) is 1.21. The Kier molecular flexibility index (Phi) is 9.22. The van der Waals surface area contributed by atoms with E-state index in [1.165, 1.54) is 12.1 Å². The van der Waals surface area contributed by atoms with E-state index in [0.29, 0.717) is 36.3 Å². The predicted octanol–water partition coefficient (Wildman–Crippen LogP) is 3.86. The van der Waals surface area contributed by atoms with Gasteiger partial charge >= 0.3 is 0 Å². The fourth-order valence-electron chi connectivity index (χ4n) is 3.32. The lowest BCUT2D eigenvalue weighted by atomic mass is 10.1. The third-order valence-electron chi connectivity index (χ3n) is 4.82. The number of ether oxygens (including phenoxy) is 3. The van der Waals surface area contributed by atoms with Crippen LogP contribution in [0.3, 0.4) is 0 Å². The van der Waals surface area contributed by atoms with Crippen LogP contribution in [0.25, 0.3) is 10.9 Å². The van der Waals surface area contributed by atoms with Crippen molar-refractivity contribution in [3.63, 3.8) is 0 Å². The Balaban J connectivity index is 0.00000341. The van der Waals surface area contributed by atoms with Gasteiger partial charge < -0.3 is 29.8 Å². The number of aliphatic imine (C=N–C) groups is 1. The molecule has 2 aromatic carbocycles. The Labute approximate surface area is 198 Å². The summed E-state index contributed by atoms with van der Waals surface area (Å²) >= 11 is 0. The van der Waals surface area contributed by atoms with Crippen molar-refractivity contribution in [2.75, 3.05) is 34.9 Å². The van der Waals surface area contributed by atoms with Crippen LogP contribution in [-0.2, 0) is 13.0 Å². The van der Waals surface area contributed by atoms with E-state index in [-0.39, 0.29) is 29.8 Å². The molecule has 0 atom stereocenters. The monoisotopic (exact) mass is 542 g/mol. The molecule has 0 saturated heterocycles. The number of H-pyrrole nitrogens is 1. The molecular weight excluding hydrogens is 514 g/mol. The van der Waals surface area contributed by atoms with Gasteiger partial charge in [-0.3, -0.25) is 4.99 Å². The Morgan fingerprint density at radius 1 is 1.03 bits per heavy atom. The van der Waals surface area contributed by atoms with Crippen molar-refractivity contribution < 1.29 is 18.6 Å². The van der Waals surface area contributed by atoms with E-state index in [9.17, 15) is 4.39 Å². The normalized spacial score (nSPS) is 11.1. The minimum atomic E-state index is -0.245. The number of fused-ring (bicyclic) bond motifs is 1. The molecule has 3 rings (SSSR count). The average Bonchev–Trinajstić information content (AvgIpc) is 3.16. The van der Waals surface area contributed by atoms with Crippen LogP contribution in [-0.4, -0.2) is 45.9 Å². The van der Waals surface area contributed by atoms with E-state index in [0.717, 1.165) is 28.5 Å². The van der Waals surface area contributed by atoms with Crippen LogP contribution in [0.2, 0.25) is 0 Å². The number of nitrogens with zero attached hydrogens (tertiary/aromatic N) is 1. The standard InChI is InChI=1S/C22H27FN4O3.HI/c1-24-22(25-8-7-15-13-26-18-11-16(23)5-6-17(15)18)27-12-14-9-19(28-2)21(30-4)20(10-14)29-3;/h5-6,9-11,13,26H,7-8,12H2,1-4H3,(H2,24,25,27);1H. The molecule has 1 heterocycles. The summed E-state index contributed by atoms with van der Waals surface area (Å²) in [6.07, 6.45) is 2.69. The summed E-state index contributed by atoms with van der Waals surface area (Å²) in [7, 11) is 6.48. The maximum Gasteiger partial charge on any atom is 0.203 e. The van der Waals surface area contributed by atoms with Crippen LogP contribution in [0.15, 0.2) is 41.5 Å². The number of halogens is 2. The Morgan fingerprint density at radius 2 is 1.74 bits per heavy atom. The molecule has 0 spiro atoms. The van der Waals surface area contributed by atoms with E-state index in [1.807, 2.05) is 18.3 Å². The number of aromatic amines is 1. The molecule has 0 aliphatic carbocycles. The quantitative estimate of drug-likeness (QED) is 0.229. The number of hydrogen-bond acceptors (Lipinski definition) is 4. The largest absolute Gasteiger partial charge is 0.493 e. The molecule has 0 radical (unpaired) electrons. The zero-order chi connectivity index (χ0) is 21.5. The summed E-state index contributed by atoms with van der Waals surface area (Å²) in [5.41, 5.74) is 2.89. The maximum absolute atomic E-state index is 13.3. The van der Waals surface area contributed by atoms with Crippen LogP contribution < -0.4 is 24.8 Å². The van der Waals surface area contributed by atoms with E-state index in [2.05, 4.69) is 20.6 Å². The third-order valence-corrected chi connectivity index (χ3v) is 4.82. The zero-order valence-corrected chi connectivity index (χ0v) is 20.4. The summed E-state index contributed by atoms with van der Waals surface area (Å²) in [6, 6.07) is 8.57. The van der Waals surface area contributed by atoms with Gasteiger partial charge in [-0.15, -0.1) is 24.0 Å². The predicted molar refractivity (Wildman–Crippen MR) is 132 cm³/mol. The molecule has 1 aromatic heterocycles. The highest BCUT2D eigenvalue weighted by Crippen LogP contribution is 2.38. The number of guanidine groups is 1. The van der Waals surface area contributed by atoms with E-state index >= 15 is 0 Å².